The maximum atomic E-state index is 12.8. The first kappa shape index (κ1) is 18.0. The van der Waals surface area contributed by atoms with Gasteiger partial charge in [-0.25, -0.2) is 5.01 Å². The van der Waals surface area contributed by atoms with Crippen LogP contribution in [0.2, 0.25) is 0 Å². The summed E-state index contributed by atoms with van der Waals surface area (Å²) in [5.74, 6) is 0.515. The number of carbonyl (C=O) groups is 1. The van der Waals surface area contributed by atoms with Crippen LogP contribution in [0.4, 0.5) is 0 Å². The summed E-state index contributed by atoms with van der Waals surface area (Å²) in [5.41, 5.74) is 2.77. The number of amides is 1. The molecule has 0 aliphatic carbocycles. The average Bonchev–Trinajstić information content (AvgIpc) is 3.14. The van der Waals surface area contributed by atoms with Crippen LogP contribution < -0.4 is 10.3 Å². The molecular formula is C22H21N3O3. The SMILES string of the molecule is CCOc1ccc2cc([C@H]3CC(c4ccccc4)=NN3C(C)=O)c(=O)[nH]c2c1. The molecule has 1 aliphatic rings. The molecule has 28 heavy (non-hydrogen) atoms. The van der Waals surface area contributed by atoms with E-state index in [9.17, 15) is 9.59 Å². The normalized spacial score (nSPS) is 16.3. The number of pyridine rings is 1. The monoisotopic (exact) mass is 375 g/mol. The van der Waals surface area contributed by atoms with Crippen molar-refractivity contribution < 1.29 is 9.53 Å². The largest absolute Gasteiger partial charge is 0.494 e. The Morgan fingerprint density at radius 1 is 1.21 bits per heavy atom. The van der Waals surface area contributed by atoms with Crippen molar-refractivity contribution in [3.8, 4) is 5.75 Å². The Hall–Kier alpha value is -3.41. The molecule has 0 radical (unpaired) electrons. The van der Waals surface area contributed by atoms with E-state index < -0.39 is 6.04 Å². The van der Waals surface area contributed by atoms with E-state index in [2.05, 4.69) is 10.1 Å². The number of nitrogens with one attached hydrogen (secondary N) is 1. The summed E-state index contributed by atoms with van der Waals surface area (Å²) < 4.78 is 5.50. The predicted octanol–water partition coefficient (Wildman–Crippen LogP) is 3.62. The number of fused-ring (bicyclic) bond motifs is 1. The van der Waals surface area contributed by atoms with Gasteiger partial charge in [-0.3, -0.25) is 9.59 Å². The molecule has 0 fully saturated rings. The van der Waals surface area contributed by atoms with Crippen molar-refractivity contribution in [2.45, 2.75) is 26.3 Å². The van der Waals surface area contributed by atoms with E-state index in [1.54, 1.807) is 0 Å². The fourth-order valence-electron chi connectivity index (χ4n) is 3.55. The summed E-state index contributed by atoms with van der Waals surface area (Å²) in [5, 5.41) is 6.80. The van der Waals surface area contributed by atoms with E-state index in [0.29, 0.717) is 29.9 Å². The van der Waals surface area contributed by atoms with Gasteiger partial charge in [-0.2, -0.15) is 5.10 Å². The number of benzene rings is 2. The quantitative estimate of drug-likeness (QED) is 0.757. The number of rotatable bonds is 4. The van der Waals surface area contributed by atoms with Crippen LogP contribution >= 0.6 is 0 Å². The van der Waals surface area contributed by atoms with Crippen LogP contribution in [0.5, 0.6) is 5.75 Å². The fourth-order valence-corrected chi connectivity index (χ4v) is 3.55. The van der Waals surface area contributed by atoms with Gasteiger partial charge in [-0.15, -0.1) is 0 Å². The molecule has 1 aromatic heterocycles. The molecule has 0 bridgehead atoms. The summed E-state index contributed by atoms with van der Waals surface area (Å²) in [6, 6.07) is 16.7. The molecule has 142 valence electrons. The summed E-state index contributed by atoms with van der Waals surface area (Å²) in [6.45, 7) is 3.94. The molecule has 0 saturated carbocycles. The van der Waals surface area contributed by atoms with Gasteiger partial charge in [0.15, 0.2) is 0 Å². The van der Waals surface area contributed by atoms with Crippen molar-refractivity contribution in [1.29, 1.82) is 0 Å². The van der Waals surface area contributed by atoms with E-state index in [1.165, 1.54) is 11.9 Å². The minimum atomic E-state index is -0.424. The molecule has 0 saturated heterocycles. The van der Waals surface area contributed by atoms with Crippen LogP contribution in [-0.4, -0.2) is 28.2 Å². The number of hydrazone groups is 1. The van der Waals surface area contributed by atoms with Gasteiger partial charge in [0, 0.05) is 25.0 Å². The van der Waals surface area contributed by atoms with Crippen LogP contribution in [0.1, 0.15) is 37.4 Å². The Balaban J connectivity index is 1.74. The van der Waals surface area contributed by atoms with Crippen molar-refractivity contribution >= 4 is 22.5 Å². The van der Waals surface area contributed by atoms with Crippen LogP contribution in [0.25, 0.3) is 10.9 Å². The smallest absolute Gasteiger partial charge is 0.253 e. The predicted molar refractivity (Wildman–Crippen MR) is 109 cm³/mol. The third-order valence-electron chi connectivity index (χ3n) is 4.86. The topological polar surface area (TPSA) is 74.8 Å². The molecule has 6 nitrogen and oxygen atoms in total. The molecular weight excluding hydrogens is 354 g/mol. The maximum Gasteiger partial charge on any atom is 0.253 e. The zero-order chi connectivity index (χ0) is 19.7. The molecule has 1 N–H and O–H groups in total. The Morgan fingerprint density at radius 3 is 2.71 bits per heavy atom. The van der Waals surface area contributed by atoms with Crippen molar-refractivity contribution in [3.05, 3.63) is 76.1 Å². The lowest BCUT2D eigenvalue weighted by atomic mass is 9.98. The Morgan fingerprint density at radius 2 is 2.00 bits per heavy atom. The lowest BCUT2D eigenvalue weighted by Gasteiger charge is -2.20. The molecule has 2 heterocycles. The molecule has 4 rings (SSSR count). The number of hydrogen-bond acceptors (Lipinski definition) is 4. The Bertz CT molecular complexity index is 1120. The lowest BCUT2D eigenvalue weighted by Crippen LogP contribution is -2.29. The first-order valence-electron chi connectivity index (χ1n) is 9.29. The zero-order valence-corrected chi connectivity index (χ0v) is 15.8. The van der Waals surface area contributed by atoms with Crippen LogP contribution in [-0.2, 0) is 4.79 Å². The molecule has 1 amide bonds. The van der Waals surface area contributed by atoms with Crippen LogP contribution in [0.3, 0.4) is 0 Å². The van der Waals surface area contributed by atoms with E-state index in [1.807, 2.05) is 61.5 Å². The first-order chi connectivity index (χ1) is 13.6. The van der Waals surface area contributed by atoms with Gasteiger partial charge in [0.2, 0.25) is 5.91 Å². The summed E-state index contributed by atoms with van der Waals surface area (Å²) in [7, 11) is 0. The second-order valence-corrected chi connectivity index (χ2v) is 6.73. The Kier molecular flexibility index (Phi) is 4.69. The number of ether oxygens (including phenoxy) is 1. The molecule has 2 aromatic carbocycles. The molecule has 6 heteroatoms. The highest BCUT2D eigenvalue weighted by atomic mass is 16.5. The van der Waals surface area contributed by atoms with Crippen molar-refractivity contribution in [3.63, 3.8) is 0 Å². The number of hydrogen-bond donors (Lipinski definition) is 1. The lowest BCUT2D eigenvalue weighted by molar-refractivity contribution is -0.130. The van der Waals surface area contributed by atoms with E-state index in [-0.39, 0.29) is 11.5 Å². The van der Waals surface area contributed by atoms with Crippen LogP contribution in [0.15, 0.2) is 64.5 Å². The average molecular weight is 375 g/mol. The molecule has 3 aromatic rings. The molecule has 0 spiro atoms. The molecule has 0 unspecified atom stereocenters. The standard InChI is InChI=1S/C22H21N3O3/c1-3-28-17-10-9-16-11-18(22(27)23-19(16)12-17)21-13-20(24-25(21)14(2)26)15-7-5-4-6-8-15/h4-12,21H,3,13H2,1-2H3,(H,23,27)/t21-/m1/s1. The first-order valence-corrected chi connectivity index (χ1v) is 9.29. The van der Waals surface area contributed by atoms with Crippen molar-refractivity contribution in [2.24, 2.45) is 5.10 Å². The molecule has 1 aliphatic heterocycles. The van der Waals surface area contributed by atoms with Gasteiger partial charge in [-0.05, 0) is 36.1 Å². The third kappa shape index (κ3) is 3.29. The second-order valence-electron chi connectivity index (χ2n) is 6.73. The van der Waals surface area contributed by atoms with E-state index in [0.717, 1.165) is 16.7 Å². The van der Waals surface area contributed by atoms with Gasteiger partial charge in [0.05, 0.1) is 23.9 Å². The summed E-state index contributed by atoms with van der Waals surface area (Å²) >= 11 is 0. The Labute approximate surface area is 162 Å². The minimum Gasteiger partial charge on any atom is -0.494 e. The highest BCUT2D eigenvalue weighted by Gasteiger charge is 2.33. The van der Waals surface area contributed by atoms with E-state index >= 15 is 0 Å². The zero-order valence-electron chi connectivity index (χ0n) is 15.8. The second kappa shape index (κ2) is 7.31. The summed E-state index contributed by atoms with van der Waals surface area (Å²) in [4.78, 5) is 27.9. The number of aromatic amines is 1. The van der Waals surface area contributed by atoms with Crippen molar-refractivity contribution in [2.75, 3.05) is 6.61 Å². The highest BCUT2D eigenvalue weighted by Crippen LogP contribution is 2.32. The van der Waals surface area contributed by atoms with Gasteiger partial charge < -0.3 is 9.72 Å². The van der Waals surface area contributed by atoms with Gasteiger partial charge in [0.25, 0.3) is 5.56 Å². The van der Waals surface area contributed by atoms with Gasteiger partial charge in [0.1, 0.15) is 5.75 Å². The third-order valence-corrected chi connectivity index (χ3v) is 4.86. The van der Waals surface area contributed by atoms with Gasteiger partial charge >= 0.3 is 0 Å². The van der Waals surface area contributed by atoms with Crippen molar-refractivity contribution in [1.82, 2.24) is 9.99 Å². The van der Waals surface area contributed by atoms with E-state index in [4.69, 9.17) is 4.74 Å². The molecule has 1 atom stereocenters. The number of nitrogens with zero attached hydrogens (tertiary/aromatic N) is 2. The highest BCUT2D eigenvalue weighted by molar-refractivity contribution is 6.03. The van der Waals surface area contributed by atoms with Crippen LogP contribution in [0, 0.1) is 0 Å². The fraction of sp³-hybridized carbons (Fsp3) is 0.227. The maximum absolute atomic E-state index is 12.8. The van der Waals surface area contributed by atoms with Gasteiger partial charge in [-0.1, -0.05) is 30.3 Å². The number of carbonyl (C=O) groups excluding carboxylic acids is 1. The summed E-state index contributed by atoms with van der Waals surface area (Å²) in [6.07, 6.45) is 0.495. The number of aromatic nitrogens is 1. The number of H-pyrrole nitrogens is 1. The minimum absolute atomic E-state index is 0.192.